The molecule has 5 rings (SSSR count). The van der Waals surface area contributed by atoms with E-state index < -0.39 is 0 Å². The molecule has 0 spiro atoms. The molecule has 7 nitrogen and oxygen atoms in total. The lowest BCUT2D eigenvalue weighted by Crippen LogP contribution is -2.36. The van der Waals surface area contributed by atoms with Gasteiger partial charge in [-0.05, 0) is 51.5 Å². The Morgan fingerprint density at radius 3 is 2.76 bits per heavy atom. The molecular formula is C22H26N6O. The van der Waals surface area contributed by atoms with Gasteiger partial charge in [-0.25, -0.2) is 0 Å². The Balaban J connectivity index is 1.51. The van der Waals surface area contributed by atoms with Gasteiger partial charge < -0.3 is 20.7 Å². The van der Waals surface area contributed by atoms with Gasteiger partial charge in [-0.2, -0.15) is 5.10 Å². The van der Waals surface area contributed by atoms with Gasteiger partial charge in [0.2, 0.25) is 0 Å². The Bertz CT molecular complexity index is 1060. The van der Waals surface area contributed by atoms with E-state index in [-0.39, 0.29) is 6.04 Å². The normalized spacial score (nSPS) is 21.7. The number of nitrogens with one attached hydrogen (secondary N) is 1. The molecule has 7 heteroatoms. The highest BCUT2D eigenvalue weighted by atomic mass is 16.5. The van der Waals surface area contributed by atoms with Crippen LogP contribution >= 0.6 is 0 Å². The Hall–Kier alpha value is -2.93. The number of aryl methyl sites for hydroxylation is 2. The van der Waals surface area contributed by atoms with Crippen LogP contribution in [-0.2, 0) is 4.74 Å². The summed E-state index contributed by atoms with van der Waals surface area (Å²) in [5.74, 6) is 0.766. The number of fused-ring (bicyclic) bond motifs is 3. The Kier molecular flexibility index (Phi) is 4.28. The number of morpholine rings is 1. The molecule has 2 fully saturated rings. The highest BCUT2D eigenvalue weighted by molar-refractivity contribution is 5.95. The number of aromatic nitrogens is 3. The average molecular weight is 390 g/mol. The van der Waals surface area contributed by atoms with Crippen molar-refractivity contribution >= 4 is 28.0 Å². The number of nitrogens with two attached hydrogens (primary N) is 1. The molecule has 2 saturated heterocycles. The second-order valence-electron chi connectivity index (χ2n) is 8.19. The number of nitrogen functional groups attached to an aromatic ring is 1. The van der Waals surface area contributed by atoms with E-state index in [9.17, 15) is 0 Å². The number of anilines is 3. The summed E-state index contributed by atoms with van der Waals surface area (Å²) in [4.78, 5) is 7.08. The summed E-state index contributed by atoms with van der Waals surface area (Å²) in [6.45, 7) is 7.79. The first-order valence-electron chi connectivity index (χ1n) is 10.1. The maximum atomic E-state index is 6.01. The van der Waals surface area contributed by atoms with Gasteiger partial charge in [-0.1, -0.05) is 6.07 Å². The summed E-state index contributed by atoms with van der Waals surface area (Å²) >= 11 is 0. The molecule has 3 aromatic rings. The summed E-state index contributed by atoms with van der Waals surface area (Å²) in [7, 11) is 0. The van der Waals surface area contributed by atoms with Gasteiger partial charge in [0, 0.05) is 34.4 Å². The van der Waals surface area contributed by atoms with E-state index in [1.807, 2.05) is 26.0 Å². The van der Waals surface area contributed by atoms with Gasteiger partial charge in [-0.3, -0.25) is 4.98 Å². The molecule has 2 aromatic heterocycles. The van der Waals surface area contributed by atoms with Crippen LogP contribution in [0.4, 0.5) is 17.2 Å². The zero-order chi connectivity index (χ0) is 20.1. The summed E-state index contributed by atoms with van der Waals surface area (Å²) in [5.41, 5.74) is 10.7. The first kappa shape index (κ1) is 18.1. The van der Waals surface area contributed by atoms with Gasteiger partial charge in [0.15, 0.2) is 5.82 Å². The highest BCUT2D eigenvalue weighted by Crippen LogP contribution is 2.36. The van der Waals surface area contributed by atoms with Gasteiger partial charge in [0.05, 0.1) is 36.2 Å². The SMILES string of the molecule is Cc1cc(N)cc([C@@H](C)Nc2nnc(C)c3ccc(N4C[C@H]5C[C@@H]4CO5)cc23)n1. The number of hydrogen-bond acceptors (Lipinski definition) is 7. The Morgan fingerprint density at radius 2 is 2.03 bits per heavy atom. The van der Waals surface area contributed by atoms with E-state index in [0.717, 1.165) is 58.9 Å². The monoisotopic (exact) mass is 390 g/mol. The Morgan fingerprint density at radius 1 is 1.17 bits per heavy atom. The van der Waals surface area contributed by atoms with Crippen molar-refractivity contribution in [2.24, 2.45) is 0 Å². The van der Waals surface area contributed by atoms with Crippen LogP contribution in [0, 0.1) is 13.8 Å². The molecule has 2 aliphatic rings. The quantitative estimate of drug-likeness (QED) is 0.706. The van der Waals surface area contributed by atoms with Crippen molar-refractivity contribution < 1.29 is 4.74 Å². The molecule has 3 N–H and O–H groups in total. The van der Waals surface area contributed by atoms with E-state index >= 15 is 0 Å². The minimum atomic E-state index is -0.0442. The predicted molar refractivity (Wildman–Crippen MR) is 115 cm³/mol. The maximum Gasteiger partial charge on any atom is 0.157 e. The van der Waals surface area contributed by atoms with Crippen LogP contribution in [0.25, 0.3) is 10.8 Å². The minimum absolute atomic E-state index is 0.0442. The molecule has 2 bridgehead atoms. The predicted octanol–water partition coefficient (Wildman–Crippen LogP) is 3.37. The standard InChI is InChI=1S/C22H26N6O/c1-12-6-15(23)7-21(24-12)14(3)25-22-20-9-16(4-5-19(20)13(2)26-27-22)28-10-18-8-17(28)11-29-18/h4-7,9,14,17-18H,8,10-11H2,1-3H3,(H2,23,24)(H,25,27)/t14-,17-,18-/m1/s1. The zero-order valence-corrected chi connectivity index (χ0v) is 17.0. The lowest BCUT2D eigenvalue weighted by Gasteiger charge is -2.29. The smallest absolute Gasteiger partial charge is 0.157 e. The van der Waals surface area contributed by atoms with Crippen molar-refractivity contribution in [3.05, 3.63) is 47.4 Å². The maximum absolute atomic E-state index is 6.01. The third-order valence-electron chi connectivity index (χ3n) is 5.97. The van der Waals surface area contributed by atoms with E-state index in [1.165, 1.54) is 5.69 Å². The van der Waals surface area contributed by atoms with Crippen LogP contribution < -0.4 is 16.0 Å². The molecule has 29 heavy (non-hydrogen) atoms. The minimum Gasteiger partial charge on any atom is -0.399 e. The van der Waals surface area contributed by atoms with E-state index in [0.29, 0.717) is 12.1 Å². The van der Waals surface area contributed by atoms with Crippen LogP contribution in [0.2, 0.25) is 0 Å². The second kappa shape index (κ2) is 6.84. The van der Waals surface area contributed by atoms with E-state index in [1.54, 1.807) is 0 Å². The number of rotatable bonds is 4. The molecule has 0 amide bonds. The third kappa shape index (κ3) is 3.25. The van der Waals surface area contributed by atoms with Crippen LogP contribution in [-0.4, -0.2) is 40.5 Å². The van der Waals surface area contributed by atoms with Crippen LogP contribution in [0.15, 0.2) is 30.3 Å². The van der Waals surface area contributed by atoms with Crippen molar-refractivity contribution in [2.75, 3.05) is 29.1 Å². The van der Waals surface area contributed by atoms with E-state index in [4.69, 9.17) is 10.5 Å². The van der Waals surface area contributed by atoms with Gasteiger partial charge >= 0.3 is 0 Å². The molecular weight excluding hydrogens is 364 g/mol. The lowest BCUT2D eigenvalue weighted by molar-refractivity contribution is 0.0991. The third-order valence-corrected chi connectivity index (χ3v) is 5.97. The number of nitrogens with zero attached hydrogens (tertiary/aromatic N) is 4. The van der Waals surface area contributed by atoms with Crippen molar-refractivity contribution in [3.8, 4) is 0 Å². The fourth-order valence-corrected chi connectivity index (χ4v) is 4.50. The van der Waals surface area contributed by atoms with Crippen molar-refractivity contribution in [1.82, 2.24) is 15.2 Å². The van der Waals surface area contributed by atoms with Gasteiger partial charge in [0.25, 0.3) is 0 Å². The molecule has 0 saturated carbocycles. The summed E-state index contributed by atoms with van der Waals surface area (Å²) in [6.07, 6.45) is 1.48. The number of hydrogen-bond donors (Lipinski definition) is 2. The fourth-order valence-electron chi connectivity index (χ4n) is 4.50. The van der Waals surface area contributed by atoms with Gasteiger partial charge in [-0.15, -0.1) is 5.10 Å². The molecule has 1 aromatic carbocycles. The van der Waals surface area contributed by atoms with Crippen LogP contribution in [0.1, 0.15) is 36.5 Å². The topological polar surface area (TPSA) is 89.2 Å². The molecule has 2 aliphatic heterocycles. The summed E-state index contributed by atoms with van der Waals surface area (Å²) < 4.78 is 5.76. The zero-order valence-electron chi connectivity index (χ0n) is 17.0. The molecule has 3 atom stereocenters. The number of benzene rings is 1. The molecule has 0 unspecified atom stereocenters. The summed E-state index contributed by atoms with van der Waals surface area (Å²) in [5, 5.41) is 14.5. The first-order valence-corrected chi connectivity index (χ1v) is 10.1. The van der Waals surface area contributed by atoms with Crippen molar-refractivity contribution in [3.63, 3.8) is 0 Å². The van der Waals surface area contributed by atoms with Gasteiger partial charge in [0.1, 0.15) is 0 Å². The number of pyridine rings is 1. The molecule has 150 valence electrons. The Labute approximate surface area is 170 Å². The van der Waals surface area contributed by atoms with Crippen molar-refractivity contribution in [2.45, 2.75) is 45.4 Å². The molecule has 0 aliphatic carbocycles. The lowest BCUT2D eigenvalue weighted by atomic mass is 10.1. The first-order chi connectivity index (χ1) is 14.0. The fraction of sp³-hybridized carbons (Fsp3) is 0.409. The second-order valence-corrected chi connectivity index (χ2v) is 8.19. The molecule has 4 heterocycles. The van der Waals surface area contributed by atoms with E-state index in [2.05, 4.69) is 50.5 Å². The largest absolute Gasteiger partial charge is 0.399 e. The van der Waals surface area contributed by atoms with Crippen molar-refractivity contribution in [1.29, 1.82) is 0 Å². The summed E-state index contributed by atoms with van der Waals surface area (Å²) in [6, 6.07) is 10.8. The average Bonchev–Trinajstić information content (AvgIpc) is 3.33. The van der Waals surface area contributed by atoms with Crippen LogP contribution in [0.5, 0.6) is 0 Å². The molecule has 0 radical (unpaired) electrons. The highest BCUT2D eigenvalue weighted by Gasteiger charge is 2.39. The number of ether oxygens (including phenoxy) is 1. The van der Waals surface area contributed by atoms with Crippen LogP contribution in [0.3, 0.4) is 0 Å².